The van der Waals surface area contributed by atoms with Crippen molar-refractivity contribution in [1.29, 1.82) is 0 Å². The number of ether oxygens (including phenoxy) is 1. The molecule has 2 heterocycles. The van der Waals surface area contributed by atoms with E-state index in [1.165, 1.54) is 19.3 Å². The largest absolute Gasteiger partial charge is 0.376 e. The summed E-state index contributed by atoms with van der Waals surface area (Å²) in [7, 11) is 0. The van der Waals surface area contributed by atoms with E-state index in [4.69, 9.17) is 10.5 Å². The number of amides is 1. The lowest BCUT2D eigenvalue weighted by molar-refractivity contribution is 0.00370. The van der Waals surface area contributed by atoms with Crippen molar-refractivity contribution in [2.75, 3.05) is 6.61 Å². The van der Waals surface area contributed by atoms with Crippen LogP contribution in [0, 0.1) is 17.8 Å². The fourth-order valence-electron chi connectivity index (χ4n) is 3.13. The van der Waals surface area contributed by atoms with Gasteiger partial charge in [0.05, 0.1) is 18.8 Å². The van der Waals surface area contributed by atoms with Crippen molar-refractivity contribution >= 4 is 5.91 Å². The number of carbonyl (C=O) groups is 1. The van der Waals surface area contributed by atoms with Crippen LogP contribution in [0.1, 0.15) is 48.0 Å². The number of hydrogen-bond acceptors (Lipinski definition) is 4. The highest BCUT2D eigenvalue weighted by molar-refractivity contribution is 5.99. The fraction of sp³-hybridized carbons (Fsp3) is 0.450. The predicted molar refractivity (Wildman–Crippen MR) is 97.2 cm³/mol. The van der Waals surface area contributed by atoms with Crippen molar-refractivity contribution in [1.82, 2.24) is 15.0 Å². The summed E-state index contributed by atoms with van der Waals surface area (Å²) in [5.74, 6) is 6.35. The zero-order chi connectivity index (χ0) is 17.9. The molecule has 1 saturated carbocycles. The van der Waals surface area contributed by atoms with E-state index in [9.17, 15) is 4.79 Å². The first-order valence-corrected chi connectivity index (χ1v) is 9.16. The number of rotatable bonds is 4. The monoisotopic (exact) mass is 350 g/mol. The first-order valence-electron chi connectivity index (χ1n) is 9.16. The Hall–Kier alpha value is -2.65. The van der Waals surface area contributed by atoms with Crippen LogP contribution >= 0.6 is 0 Å². The molecule has 0 unspecified atom stereocenters. The van der Waals surface area contributed by atoms with Crippen molar-refractivity contribution in [2.24, 2.45) is 11.7 Å². The molecule has 1 aromatic heterocycles. The van der Waals surface area contributed by atoms with E-state index in [1.54, 1.807) is 10.7 Å². The predicted octanol–water partition coefficient (Wildman–Crippen LogP) is 2.37. The molecular weight excluding hydrogens is 328 g/mol. The van der Waals surface area contributed by atoms with Gasteiger partial charge in [-0.25, -0.2) is 4.68 Å². The van der Waals surface area contributed by atoms with Crippen LogP contribution in [0.3, 0.4) is 0 Å². The molecule has 4 rings (SSSR count). The van der Waals surface area contributed by atoms with E-state index in [0.29, 0.717) is 29.3 Å². The molecule has 0 bridgehead atoms. The molecule has 2 fully saturated rings. The zero-order valence-corrected chi connectivity index (χ0v) is 14.6. The first kappa shape index (κ1) is 16.8. The molecule has 0 radical (unpaired) electrons. The number of carbonyl (C=O) groups excluding carboxylic acids is 1. The summed E-state index contributed by atoms with van der Waals surface area (Å²) < 4.78 is 7.52. The quantitative estimate of drug-likeness (QED) is 0.858. The number of hydrogen-bond donors (Lipinski definition) is 1. The number of nitrogens with two attached hydrogens (primary N) is 1. The minimum Gasteiger partial charge on any atom is -0.376 e. The van der Waals surface area contributed by atoms with Crippen LogP contribution in [0.15, 0.2) is 24.4 Å². The van der Waals surface area contributed by atoms with Gasteiger partial charge >= 0.3 is 0 Å². The first-order chi connectivity index (χ1) is 12.7. The summed E-state index contributed by atoms with van der Waals surface area (Å²) in [5, 5.41) is 8.41. The Morgan fingerprint density at radius 3 is 2.92 bits per heavy atom. The molecule has 1 aliphatic carbocycles. The summed E-state index contributed by atoms with van der Waals surface area (Å²) in [6, 6.07) is 5.50. The second-order valence-electron chi connectivity index (χ2n) is 6.98. The maximum absolute atomic E-state index is 11.9. The topological polar surface area (TPSA) is 83.0 Å². The van der Waals surface area contributed by atoms with Gasteiger partial charge in [-0.1, -0.05) is 23.1 Å². The van der Waals surface area contributed by atoms with Gasteiger partial charge in [0.2, 0.25) is 5.91 Å². The second kappa shape index (κ2) is 7.30. The van der Waals surface area contributed by atoms with E-state index in [2.05, 4.69) is 22.2 Å². The van der Waals surface area contributed by atoms with Gasteiger partial charge in [0, 0.05) is 29.2 Å². The molecule has 134 valence electrons. The van der Waals surface area contributed by atoms with Gasteiger partial charge < -0.3 is 10.5 Å². The third kappa shape index (κ3) is 3.94. The van der Waals surface area contributed by atoms with Crippen LogP contribution in [0.2, 0.25) is 0 Å². The lowest BCUT2D eigenvalue weighted by atomic mass is 10.0. The molecule has 1 aliphatic heterocycles. The average molecular weight is 350 g/mol. The maximum atomic E-state index is 11.9. The van der Waals surface area contributed by atoms with E-state index in [1.807, 2.05) is 18.3 Å². The van der Waals surface area contributed by atoms with E-state index < -0.39 is 5.91 Å². The Labute approximate surface area is 152 Å². The number of aromatic nitrogens is 3. The Morgan fingerprint density at radius 2 is 2.19 bits per heavy atom. The lowest BCUT2D eigenvalue weighted by Gasteiger charge is -2.21. The van der Waals surface area contributed by atoms with E-state index >= 15 is 0 Å². The van der Waals surface area contributed by atoms with Gasteiger partial charge in [-0.3, -0.25) is 4.79 Å². The molecule has 0 spiro atoms. The normalized spacial score (nSPS) is 19.6. The van der Waals surface area contributed by atoms with Gasteiger partial charge in [-0.05, 0) is 44.2 Å². The summed E-state index contributed by atoms with van der Waals surface area (Å²) in [6.07, 6.45) is 7.70. The maximum Gasteiger partial charge on any atom is 0.249 e. The summed E-state index contributed by atoms with van der Waals surface area (Å²) in [6.45, 7) is 1.48. The van der Waals surface area contributed by atoms with Crippen molar-refractivity contribution in [3.8, 4) is 23.1 Å². The molecule has 6 heteroatoms. The van der Waals surface area contributed by atoms with Crippen LogP contribution < -0.4 is 5.73 Å². The fourth-order valence-corrected chi connectivity index (χ4v) is 3.13. The summed E-state index contributed by atoms with van der Waals surface area (Å²) >= 11 is 0. The molecule has 1 saturated heterocycles. The van der Waals surface area contributed by atoms with Gasteiger partial charge in [0.25, 0.3) is 0 Å². The highest BCUT2D eigenvalue weighted by Gasteiger charge is 2.19. The van der Waals surface area contributed by atoms with Crippen molar-refractivity contribution in [3.63, 3.8) is 0 Å². The number of nitrogens with zero attached hydrogens (tertiary/aromatic N) is 3. The number of benzene rings is 1. The highest BCUT2D eigenvalue weighted by Crippen LogP contribution is 2.28. The van der Waals surface area contributed by atoms with Gasteiger partial charge in [0.1, 0.15) is 5.69 Å². The molecule has 1 aromatic carbocycles. The highest BCUT2D eigenvalue weighted by atomic mass is 16.5. The zero-order valence-electron chi connectivity index (χ0n) is 14.6. The Balaban J connectivity index is 1.56. The second-order valence-corrected chi connectivity index (χ2v) is 6.98. The van der Waals surface area contributed by atoms with Gasteiger partial charge in [-0.15, -0.1) is 5.10 Å². The van der Waals surface area contributed by atoms with Crippen molar-refractivity contribution in [2.45, 2.75) is 44.8 Å². The molecule has 2 aromatic rings. The lowest BCUT2D eigenvalue weighted by Crippen LogP contribution is -2.24. The Bertz CT molecular complexity index is 867. The van der Waals surface area contributed by atoms with Crippen molar-refractivity contribution < 1.29 is 9.53 Å². The standard InChI is InChI=1S/C20H22N4O2/c21-20(25)18-11-15(7-6-14-4-5-14)8-9-17(18)19-13-24(23-22-19)12-16-3-1-2-10-26-16/h8-9,11,13-14,16H,1-5,10,12H2,(H2,21,25)/t16-/m1/s1. The third-order valence-electron chi connectivity index (χ3n) is 4.76. The molecule has 1 atom stereocenters. The molecule has 26 heavy (non-hydrogen) atoms. The molecule has 2 aliphatic rings. The summed E-state index contributed by atoms with van der Waals surface area (Å²) in [5.41, 5.74) is 8.13. The van der Waals surface area contributed by atoms with Crippen molar-refractivity contribution in [3.05, 3.63) is 35.5 Å². The van der Waals surface area contributed by atoms with Crippen LogP contribution in [-0.2, 0) is 11.3 Å². The van der Waals surface area contributed by atoms with Crippen LogP contribution in [-0.4, -0.2) is 33.6 Å². The number of primary amides is 1. The molecule has 6 nitrogen and oxygen atoms in total. The minimum absolute atomic E-state index is 0.175. The van der Waals surface area contributed by atoms with Crippen LogP contribution in [0.5, 0.6) is 0 Å². The van der Waals surface area contributed by atoms with E-state index in [-0.39, 0.29) is 6.10 Å². The smallest absolute Gasteiger partial charge is 0.249 e. The third-order valence-corrected chi connectivity index (χ3v) is 4.76. The minimum atomic E-state index is -0.486. The average Bonchev–Trinajstić information content (AvgIpc) is 3.38. The Morgan fingerprint density at radius 1 is 1.31 bits per heavy atom. The van der Waals surface area contributed by atoms with Crippen LogP contribution in [0.4, 0.5) is 0 Å². The molecule has 2 N–H and O–H groups in total. The SMILES string of the molecule is NC(=O)c1cc(C#CC2CC2)ccc1-c1cn(C[C@H]2CCCCO2)nn1. The molecule has 1 amide bonds. The molecular formula is C20H22N4O2. The Kier molecular flexibility index (Phi) is 4.72. The summed E-state index contributed by atoms with van der Waals surface area (Å²) in [4.78, 5) is 11.9. The van der Waals surface area contributed by atoms with E-state index in [0.717, 1.165) is 25.0 Å². The van der Waals surface area contributed by atoms with Gasteiger partial charge in [0.15, 0.2) is 0 Å². The van der Waals surface area contributed by atoms with Gasteiger partial charge in [-0.2, -0.15) is 0 Å². The van der Waals surface area contributed by atoms with Crippen LogP contribution in [0.25, 0.3) is 11.3 Å².